The molecule has 0 atom stereocenters. The molecule has 118 valence electrons. The van der Waals surface area contributed by atoms with E-state index in [1.54, 1.807) is 0 Å². The number of nitrogens with zero attached hydrogens (tertiary/aromatic N) is 2. The number of hydrogen-bond donors (Lipinski definition) is 1. The number of nitrogens with one attached hydrogen (secondary N) is 1. The van der Waals surface area contributed by atoms with Crippen molar-refractivity contribution in [2.45, 2.75) is 57.7 Å². The van der Waals surface area contributed by atoms with Crippen LogP contribution in [0, 0.1) is 0 Å². The Morgan fingerprint density at radius 3 is 2.14 bits per heavy atom. The van der Waals surface area contributed by atoms with Crippen molar-refractivity contribution in [2.24, 2.45) is 0 Å². The van der Waals surface area contributed by atoms with Gasteiger partial charge in [-0.25, -0.2) is 18.4 Å². The highest BCUT2D eigenvalue weighted by molar-refractivity contribution is 7.89. The minimum atomic E-state index is -3.10. The predicted octanol–water partition coefficient (Wildman–Crippen LogP) is 1.44. The van der Waals surface area contributed by atoms with Crippen LogP contribution in [0.2, 0.25) is 0 Å². The van der Waals surface area contributed by atoms with E-state index >= 15 is 0 Å². The summed E-state index contributed by atoms with van der Waals surface area (Å²) in [7, 11) is -3.10. The lowest BCUT2D eigenvalue weighted by molar-refractivity contribution is 0.599. The standard InChI is InChI=1S/C15H25N3O2S/c1-4-13-12(8-9-16-11-6-7-11)14(5-2)18-15(17-13)10-21(3,19)20/h11,16H,4-10H2,1-3H3. The summed E-state index contributed by atoms with van der Waals surface area (Å²) in [5, 5.41) is 3.51. The fourth-order valence-electron chi connectivity index (χ4n) is 2.50. The second-order valence-electron chi connectivity index (χ2n) is 5.77. The molecule has 0 bridgehead atoms. The Bertz CT molecular complexity index is 570. The minimum absolute atomic E-state index is 0.0758. The molecule has 6 heteroatoms. The van der Waals surface area contributed by atoms with Gasteiger partial charge in [0.25, 0.3) is 0 Å². The number of hydrogen-bond acceptors (Lipinski definition) is 5. The van der Waals surface area contributed by atoms with Crippen molar-refractivity contribution in [3.8, 4) is 0 Å². The lowest BCUT2D eigenvalue weighted by Crippen LogP contribution is -2.21. The number of aromatic nitrogens is 2. The van der Waals surface area contributed by atoms with Crippen molar-refractivity contribution >= 4 is 9.84 Å². The highest BCUT2D eigenvalue weighted by Gasteiger charge is 2.20. The Labute approximate surface area is 127 Å². The van der Waals surface area contributed by atoms with Crippen molar-refractivity contribution in [1.29, 1.82) is 0 Å². The van der Waals surface area contributed by atoms with E-state index < -0.39 is 9.84 Å². The first-order valence-corrected chi connectivity index (χ1v) is 9.77. The van der Waals surface area contributed by atoms with Crippen LogP contribution >= 0.6 is 0 Å². The molecule has 1 aliphatic carbocycles. The normalized spacial score (nSPS) is 15.4. The van der Waals surface area contributed by atoms with Gasteiger partial charge in [-0.15, -0.1) is 0 Å². The van der Waals surface area contributed by atoms with Gasteiger partial charge in [0.1, 0.15) is 11.6 Å². The third-order valence-electron chi connectivity index (χ3n) is 3.67. The topological polar surface area (TPSA) is 72.0 Å². The van der Waals surface area contributed by atoms with E-state index in [1.165, 1.54) is 24.7 Å². The van der Waals surface area contributed by atoms with E-state index in [0.717, 1.165) is 37.2 Å². The zero-order valence-electron chi connectivity index (χ0n) is 13.1. The molecule has 1 aliphatic rings. The van der Waals surface area contributed by atoms with Crippen LogP contribution in [0.1, 0.15) is 49.5 Å². The summed E-state index contributed by atoms with van der Waals surface area (Å²) in [4.78, 5) is 8.96. The molecule has 0 aliphatic heterocycles. The fourth-order valence-corrected chi connectivity index (χ4v) is 3.10. The minimum Gasteiger partial charge on any atom is -0.314 e. The third-order valence-corrected chi connectivity index (χ3v) is 4.45. The first-order valence-electron chi connectivity index (χ1n) is 7.71. The van der Waals surface area contributed by atoms with E-state index in [2.05, 4.69) is 29.1 Å². The van der Waals surface area contributed by atoms with Crippen LogP contribution in [0.3, 0.4) is 0 Å². The third kappa shape index (κ3) is 5.04. The van der Waals surface area contributed by atoms with Crippen LogP contribution in [0.15, 0.2) is 0 Å². The van der Waals surface area contributed by atoms with E-state index in [-0.39, 0.29) is 5.75 Å². The van der Waals surface area contributed by atoms with Crippen LogP contribution < -0.4 is 5.32 Å². The Kier molecular flexibility index (Phi) is 5.32. The first kappa shape index (κ1) is 16.4. The van der Waals surface area contributed by atoms with Crippen molar-refractivity contribution in [3.05, 3.63) is 22.8 Å². The van der Waals surface area contributed by atoms with Crippen LogP contribution in [0.5, 0.6) is 0 Å². The van der Waals surface area contributed by atoms with Gasteiger partial charge in [-0.3, -0.25) is 0 Å². The monoisotopic (exact) mass is 311 g/mol. The molecule has 1 saturated carbocycles. The van der Waals surface area contributed by atoms with Crippen LogP contribution in [-0.4, -0.2) is 37.2 Å². The summed E-state index contributed by atoms with van der Waals surface area (Å²) in [5.74, 6) is 0.359. The Morgan fingerprint density at radius 1 is 1.14 bits per heavy atom. The summed E-state index contributed by atoms with van der Waals surface area (Å²) in [5.41, 5.74) is 3.20. The smallest absolute Gasteiger partial charge is 0.154 e. The van der Waals surface area contributed by atoms with Gasteiger partial charge in [0.15, 0.2) is 9.84 Å². The average molecular weight is 311 g/mol. The number of rotatable bonds is 8. The van der Waals surface area contributed by atoms with Gasteiger partial charge in [-0.1, -0.05) is 13.8 Å². The number of aryl methyl sites for hydroxylation is 2. The van der Waals surface area contributed by atoms with E-state index in [9.17, 15) is 8.42 Å². The summed E-state index contributed by atoms with van der Waals surface area (Å²) < 4.78 is 22.9. The molecular formula is C15H25N3O2S. The second kappa shape index (κ2) is 6.83. The molecule has 1 aromatic rings. The maximum absolute atomic E-state index is 11.4. The van der Waals surface area contributed by atoms with E-state index in [1.807, 2.05) is 0 Å². The molecule has 1 fully saturated rings. The quantitative estimate of drug-likeness (QED) is 0.786. The Morgan fingerprint density at radius 2 is 1.71 bits per heavy atom. The van der Waals surface area contributed by atoms with Crippen LogP contribution in [0.25, 0.3) is 0 Å². The SMILES string of the molecule is CCc1nc(CS(C)(=O)=O)nc(CC)c1CCNC1CC1. The van der Waals surface area contributed by atoms with Crippen LogP contribution in [0.4, 0.5) is 0 Å². The molecule has 0 amide bonds. The zero-order chi connectivity index (χ0) is 15.5. The van der Waals surface area contributed by atoms with Gasteiger partial charge in [-0.05, 0) is 44.2 Å². The largest absolute Gasteiger partial charge is 0.314 e. The van der Waals surface area contributed by atoms with Crippen LogP contribution in [-0.2, 0) is 34.9 Å². The summed E-state index contributed by atoms with van der Waals surface area (Å²) in [6.07, 6.45) is 6.33. The zero-order valence-corrected chi connectivity index (χ0v) is 14.0. The van der Waals surface area contributed by atoms with Crippen molar-refractivity contribution in [3.63, 3.8) is 0 Å². The summed E-state index contributed by atoms with van der Waals surface area (Å²) in [6.45, 7) is 5.06. The molecule has 0 radical (unpaired) electrons. The maximum atomic E-state index is 11.4. The lowest BCUT2D eigenvalue weighted by atomic mass is 10.0. The number of sulfone groups is 1. The molecule has 1 aromatic heterocycles. The van der Waals surface area contributed by atoms with Gasteiger partial charge in [0, 0.05) is 23.7 Å². The molecule has 0 saturated heterocycles. The second-order valence-corrected chi connectivity index (χ2v) is 7.91. The molecular weight excluding hydrogens is 286 g/mol. The molecule has 0 spiro atoms. The van der Waals surface area contributed by atoms with Gasteiger partial charge in [-0.2, -0.15) is 0 Å². The molecule has 2 rings (SSSR count). The molecule has 21 heavy (non-hydrogen) atoms. The van der Waals surface area contributed by atoms with Gasteiger partial charge in [0.2, 0.25) is 0 Å². The summed E-state index contributed by atoms with van der Waals surface area (Å²) in [6, 6.07) is 0.700. The molecule has 0 unspecified atom stereocenters. The van der Waals surface area contributed by atoms with Gasteiger partial charge >= 0.3 is 0 Å². The van der Waals surface area contributed by atoms with Crippen molar-refractivity contribution < 1.29 is 8.42 Å². The molecule has 1 N–H and O–H groups in total. The summed E-state index contributed by atoms with van der Waals surface area (Å²) >= 11 is 0. The van der Waals surface area contributed by atoms with E-state index in [4.69, 9.17) is 0 Å². The highest BCUT2D eigenvalue weighted by atomic mass is 32.2. The molecule has 5 nitrogen and oxygen atoms in total. The van der Waals surface area contributed by atoms with Gasteiger partial charge in [0.05, 0.1) is 0 Å². The highest BCUT2D eigenvalue weighted by Crippen LogP contribution is 2.19. The van der Waals surface area contributed by atoms with E-state index in [0.29, 0.717) is 11.9 Å². The molecule has 0 aromatic carbocycles. The fraction of sp³-hybridized carbons (Fsp3) is 0.733. The first-order chi connectivity index (χ1) is 9.93. The average Bonchev–Trinajstić information content (AvgIpc) is 3.21. The molecule has 1 heterocycles. The van der Waals surface area contributed by atoms with Crippen molar-refractivity contribution in [2.75, 3.05) is 12.8 Å². The lowest BCUT2D eigenvalue weighted by Gasteiger charge is -2.14. The predicted molar refractivity (Wildman–Crippen MR) is 84.1 cm³/mol. The Balaban J connectivity index is 2.20. The van der Waals surface area contributed by atoms with Crippen molar-refractivity contribution in [1.82, 2.24) is 15.3 Å². The van der Waals surface area contributed by atoms with Gasteiger partial charge < -0.3 is 5.32 Å². The maximum Gasteiger partial charge on any atom is 0.154 e. The Hall–Kier alpha value is -1.01.